The van der Waals surface area contributed by atoms with E-state index in [2.05, 4.69) is 31.9 Å². The minimum atomic E-state index is -0.305. The Labute approximate surface area is 178 Å². The number of amides is 4. The van der Waals surface area contributed by atoms with Gasteiger partial charge in [0.15, 0.2) is 0 Å². The van der Waals surface area contributed by atoms with E-state index in [1.165, 1.54) is 0 Å². The van der Waals surface area contributed by atoms with Gasteiger partial charge in [0.05, 0.1) is 0 Å². The van der Waals surface area contributed by atoms with Gasteiger partial charge in [-0.3, -0.25) is 9.59 Å². The Morgan fingerprint density at radius 2 is 1.76 bits per heavy atom. The second-order valence-electron chi connectivity index (χ2n) is 6.69. The van der Waals surface area contributed by atoms with Gasteiger partial charge >= 0.3 is 6.03 Å². The van der Waals surface area contributed by atoms with E-state index < -0.39 is 0 Å². The third-order valence-electron chi connectivity index (χ3n) is 4.56. The van der Waals surface area contributed by atoms with Crippen LogP contribution in [0, 0.1) is 0 Å². The molecule has 4 amide bonds. The lowest BCUT2D eigenvalue weighted by Crippen LogP contribution is -2.40. The number of nitrogens with one attached hydrogen (secondary N) is 3. The Kier molecular flexibility index (Phi) is 7.24. The third kappa shape index (κ3) is 6.05. The number of nitrogens with zero attached hydrogens (tertiary/aromatic N) is 1. The summed E-state index contributed by atoms with van der Waals surface area (Å²) in [6.45, 7) is 1.79. The molecule has 8 heteroatoms. The molecule has 0 aromatic heterocycles. The van der Waals surface area contributed by atoms with E-state index in [-0.39, 0.29) is 17.8 Å². The molecule has 0 saturated carbocycles. The molecular formula is C21H23BrN4O3. The first-order valence-corrected chi connectivity index (χ1v) is 10.3. The lowest BCUT2D eigenvalue weighted by atomic mass is 10.2. The molecule has 3 N–H and O–H groups in total. The van der Waals surface area contributed by atoms with Crippen molar-refractivity contribution in [1.82, 2.24) is 16.0 Å². The molecule has 1 aliphatic rings. The number of urea groups is 1. The van der Waals surface area contributed by atoms with E-state index in [0.29, 0.717) is 31.6 Å². The number of carbonyl (C=O) groups excluding carboxylic acids is 3. The van der Waals surface area contributed by atoms with Crippen molar-refractivity contribution in [2.75, 3.05) is 24.5 Å². The summed E-state index contributed by atoms with van der Waals surface area (Å²) in [5.74, 6) is -0.0349. The summed E-state index contributed by atoms with van der Waals surface area (Å²) in [6, 6.07) is 14.4. The van der Waals surface area contributed by atoms with Crippen LogP contribution in [-0.4, -0.2) is 37.5 Å². The van der Waals surface area contributed by atoms with Crippen molar-refractivity contribution in [2.24, 2.45) is 0 Å². The largest absolute Gasteiger partial charge is 0.350 e. The van der Waals surface area contributed by atoms with Gasteiger partial charge in [-0.25, -0.2) is 4.79 Å². The minimum Gasteiger partial charge on any atom is -0.350 e. The van der Waals surface area contributed by atoms with Gasteiger partial charge in [0.25, 0.3) is 5.91 Å². The Bertz CT molecular complexity index is 886. The average Bonchev–Trinajstić information content (AvgIpc) is 3.15. The smallest absolute Gasteiger partial charge is 0.315 e. The number of carbonyl (C=O) groups is 3. The molecule has 152 valence electrons. The minimum absolute atomic E-state index is 0.155. The van der Waals surface area contributed by atoms with Gasteiger partial charge in [-0.05, 0) is 42.3 Å². The van der Waals surface area contributed by atoms with E-state index >= 15 is 0 Å². The second-order valence-corrected chi connectivity index (χ2v) is 7.61. The highest BCUT2D eigenvalue weighted by Gasteiger charge is 2.21. The molecule has 0 bridgehead atoms. The molecule has 1 heterocycles. The van der Waals surface area contributed by atoms with Gasteiger partial charge < -0.3 is 20.9 Å². The first kappa shape index (κ1) is 20.9. The van der Waals surface area contributed by atoms with Crippen LogP contribution < -0.4 is 20.9 Å². The molecular weight excluding hydrogens is 436 g/mol. The van der Waals surface area contributed by atoms with Crippen molar-refractivity contribution in [3.05, 3.63) is 64.1 Å². The summed E-state index contributed by atoms with van der Waals surface area (Å²) in [7, 11) is 0. The summed E-state index contributed by atoms with van der Waals surface area (Å²) < 4.78 is 0.836. The maximum atomic E-state index is 12.0. The van der Waals surface area contributed by atoms with Gasteiger partial charge in [-0.2, -0.15) is 0 Å². The van der Waals surface area contributed by atoms with Crippen molar-refractivity contribution in [2.45, 2.75) is 19.4 Å². The Balaban J connectivity index is 1.34. The summed E-state index contributed by atoms with van der Waals surface area (Å²) in [4.78, 5) is 37.5. The second kappa shape index (κ2) is 10.1. The van der Waals surface area contributed by atoms with Crippen LogP contribution in [0.15, 0.2) is 53.0 Å². The maximum Gasteiger partial charge on any atom is 0.315 e. The maximum absolute atomic E-state index is 12.0. The van der Waals surface area contributed by atoms with Crippen LogP contribution in [0.2, 0.25) is 0 Å². The molecule has 2 aromatic rings. The molecule has 0 unspecified atom stereocenters. The fourth-order valence-electron chi connectivity index (χ4n) is 3.04. The van der Waals surface area contributed by atoms with Crippen LogP contribution in [0.25, 0.3) is 0 Å². The van der Waals surface area contributed by atoms with Gasteiger partial charge in [0.1, 0.15) is 0 Å². The average molecular weight is 459 g/mol. The molecule has 1 fully saturated rings. The fourth-order valence-corrected chi connectivity index (χ4v) is 3.44. The van der Waals surface area contributed by atoms with Crippen molar-refractivity contribution >= 4 is 39.5 Å². The normalized spacial score (nSPS) is 13.3. The Morgan fingerprint density at radius 3 is 2.45 bits per heavy atom. The molecule has 0 aliphatic carbocycles. The first-order valence-electron chi connectivity index (χ1n) is 9.48. The number of anilines is 1. The Hall–Kier alpha value is -2.87. The van der Waals surface area contributed by atoms with E-state index in [0.717, 1.165) is 28.7 Å². The van der Waals surface area contributed by atoms with Gasteiger partial charge in [0, 0.05) is 48.3 Å². The molecule has 3 rings (SSSR count). The number of rotatable bonds is 7. The predicted octanol–water partition coefficient (Wildman–Crippen LogP) is 2.81. The van der Waals surface area contributed by atoms with Gasteiger partial charge in [0.2, 0.25) is 5.91 Å². The number of benzene rings is 2. The highest BCUT2D eigenvalue weighted by molar-refractivity contribution is 9.10. The van der Waals surface area contributed by atoms with Crippen LogP contribution >= 0.6 is 15.9 Å². The van der Waals surface area contributed by atoms with Crippen LogP contribution in [0.4, 0.5) is 10.5 Å². The molecule has 2 aromatic carbocycles. The summed E-state index contributed by atoms with van der Waals surface area (Å²) in [5, 5.41) is 8.24. The molecule has 7 nitrogen and oxygen atoms in total. The molecule has 0 radical (unpaired) electrons. The van der Waals surface area contributed by atoms with Crippen molar-refractivity contribution in [3.8, 4) is 0 Å². The fraction of sp³-hybridized carbons (Fsp3) is 0.286. The topological polar surface area (TPSA) is 90.5 Å². The third-order valence-corrected chi connectivity index (χ3v) is 5.05. The van der Waals surface area contributed by atoms with Crippen molar-refractivity contribution < 1.29 is 14.4 Å². The molecule has 0 spiro atoms. The first-order chi connectivity index (χ1) is 14.0. The molecule has 0 atom stereocenters. The predicted molar refractivity (Wildman–Crippen MR) is 115 cm³/mol. The monoisotopic (exact) mass is 458 g/mol. The van der Waals surface area contributed by atoms with Crippen LogP contribution in [-0.2, 0) is 11.3 Å². The Morgan fingerprint density at radius 1 is 1.00 bits per heavy atom. The standard InChI is InChI=1S/C21H23BrN4O3/c22-17-4-1-3-16(13-17)20(28)23-10-11-24-21(29)25-14-15-6-8-18(9-7-15)26-12-2-5-19(26)27/h1,3-4,6-9,13H,2,5,10-12,14H2,(H,23,28)(H2,24,25,29). The lowest BCUT2D eigenvalue weighted by Gasteiger charge is -2.16. The molecule has 1 saturated heterocycles. The zero-order valence-electron chi connectivity index (χ0n) is 15.9. The number of hydrogen-bond donors (Lipinski definition) is 3. The van der Waals surface area contributed by atoms with E-state index in [1.807, 2.05) is 30.3 Å². The van der Waals surface area contributed by atoms with Crippen LogP contribution in [0.3, 0.4) is 0 Å². The van der Waals surface area contributed by atoms with E-state index in [4.69, 9.17) is 0 Å². The quantitative estimate of drug-likeness (QED) is 0.557. The number of hydrogen-bond acceptors (Lipinski definition) is 3. The molecule has 1 aliphatic heterocycles. The highest BCUT2D eigenvalue weighted by atomic mass is 79.9. The van der Waals surface area contributed by atoms with E-state index in [9.17, 15) is 14.4 Å². The van der Waals surface area contributed by atoms with Crippen molar-refractivity contribution in [3.63, 3.8) is 0 Å². The summed E-state index contributed by atoms with van der Waals surface area (Å²) in [6.07, 6.45) is 1.50. The van der Waals surface area contributed by atoms with Crippen molar-refractivity contribution in [1.29, 1.82) is 0 Å². The van der Waals surface area contributed by atoms with Crippen LogP contribution in [0.1, 0.15) is 28.8 Å². The molecule has 29 heavy (non-hydrogen) atoms. The summed E-state index contributed by atoms with van der Waals surface area (Å²) >= 11 is 3.33. The lowest BCUT2D eigenvalue weighted by molar-refractivity contribution is -0.117. The van der Waals surface area contributed by atoms with Gasteiger partial charge in [-0.15, -0.1) is 0 Å². The van der Waals surface area contributed by atoms with E-state index in [1.54, 1.807) is 23.1 Å². The summed E-state index contributed by atoms with van der Waals surface area (Å²) in [5.41, 5.74) is 2.39. The zero-order chi connectivity index (χ0) is 20.6. The van der Waals surface area contributed by atoms with Crippen LogP contribution in [0.5, 0.6) is 0 Å². The van der Waals surface area contributed by atoms with Gasteiger partial charge in [-0.1, -0.05) is 34.1 Å². The SMILES string of the molecule is O=C(NCCNC(=O)c1cccc(Br)c1)NCc1ccc(N2CCCC2=O)cc1. The number of halogens is 1. The zero-order valence-corrected chi connectivity index (χ0v) is 17.5. The highest BCUT2D eigenvalue weighted by Crippen LogP contribution is 2.21.